The molecule has 0 aromatic heterocycles. The van der Waals surface area contributed by atoms with Crippen molar-refractivity contribution in [2.75, 3.05) is 20.3 Å². The van der Waals surface area contributed by atoms with Crippen LogP contribution in [0.15, 0.2) is 0 Å². The van der Waals surface area contributed by atoms with E-state index in [4.69, 9.17) is 9.47 Å². The standard InChI is InChI=1S/C11H20O4/c1-4-5-6-9-7-14-11(2,15-8-9)10(12)13-3/h9H,4-8H2,1-3H3. The lowest BCUT2D eigenvalue weighted by Gasteiger charge is -2.35. The van der Waals surface area contributed by atoms with E-state index in [0.29, 0.717) is 19.1 Å². The van der Waals surface area contributed by atoms with Gasteiger partial charge in [-0.05, 0) is 6.42 Å². The van der Waals surface area contributed by atoms with Crippen LogP contribution in [0, 0.1) is 5.92 Å². The van der Waals surface area contributed by atoms with E-state index < -0.39 is 11.8 Å². The first-order valence-corrected chi connectivity index (χ1v) is 5.48. The van der Waals surface area contributed by atoms with Crippen LogP contribution in [0.5, 0.6) is 0 Å². The highest BCUT2D eigenvalue weighted by molar-refractivity contribution is 5.77. The minimum atomic E-state index is -1.20. The summed E-state index contributed by atoms with van der Waals surface area (Å²) in [6, 6.07) is 0. The van der Waals surface area contributed by atoms with Crippen molar-refractivity contribution in [1.29, 1.82) is 0 Å². The Balaban J connectivity index is 2.37. The van der Waals surface area contributed by atoms with E-state index >= 15 is 0 Å². The van der Waals surface area contributed by atoms with Gasteiger partial charge in [0, 0.05) is 12.8 Å². The van der Waals surface area contributed by atoms with Gasteiger partial charge >= 0.3 is 5.97 Å². The molecule has 0 unspecified atom stereocenters. The van der Waals surface area contributed by atoms with Crippen molar-refractivity contribution < 1.29 is 19.0 Å². The van der Waals surface area contributed by atoms with Crippen LogP contribution in [0.1, 0.15) is 33.1 Å². The van der Waals surface area contributed by atoms with Gasteiger partial charge < -0.3 is 14.2 Å². The maximum Gasteiger partial charge on any atom is 0.366 e. The van der Waals surface area contributed by atoms with E-state index in [-0.39, 0.29) is 0 Å². The molecule has 1 saturated heterocycles. The minimum Gasteiger partial charge on any atom is -0.465 e. The molecule has 1 fully saturated rings. The molecular formula is C11H20O4. The maximum atomic E-state index is 11.3. The predicted molar refractivity (Wildman–Crippen MR) is 55.3 cm³/mol. The average molecular weight is 216 g/mol. The number of hydrogen-bond donors (Lipinski definition) is 0. The lowest BCUT2D eigenvalue weighted by atomic mass is 10.0. The van der Waals surface area contributed by atoms with Crippen LogP contribution >= 0.6 is 0 Å². The number of rotatable bonds is 4. The Morgan fingerprint density at radius 3 is 2.53 bits per heavy atom. The molecule has 4 heteroatoms. The second-order valence-corrected chi connectivity index (χ2v) is 4.07. The molecule has 0 aliphatic carbocycles. The summed E-state index contributed by atoms with van der Waals surface area (Å²) in [5.74, 6) is -1.25. The van der Waals surface area contributed by atoms with Gasteiger partial charge in [-0.15, -0.1) is 0 Å². The van der Waals surface area contributed by atoms with Crippen molar-refractivity contribution in [2.45, 2.75) is 38.9 Å². The van der Waals surface area contributed by atoms with Gasteiger partial charge in [0.25, 0.3) is 5.79 Å². The molecule has 0 spiro atoms. The largest absolute Gasteiger partial charge is 0.465 e. The number of carbonyl (C=O) groups excluding carboxylic acids is 1. The van der Waals surface area contributed by atoms with E-state index in [0.717, 1.165) is 6.42 Å². The van der Waals surface area contributed by atoms with Crippen LogP contribution < -0.4 is 0 Å². The number of carbonyl (C=O) groups is 1. The third kappa shape index (κ3) is 3.18. The van der Waals surface area contributed by atoms with Crippen molar-refractivity contribution in [1.82, 2.24) is 0 Å². The first-order valence-electron chi connectivity index (χ1n) is 5.48. The maximum absolute atomic E-state index is 11.3. The van der Waals surface area contributed by atoms with Crippen LogP contribution in [0.2, 0.25) is 0 Å². The van der Waals surface area contributed by atoms with Gasteiger partial charge in [-0.25, -0.2) is 4.79 Å². The number of ether oxygens (including phenoxy) is 3. The zero-order valence-corrected chi connectivity index (χ0v) is 9.75. The molecule has 0 N–H and O–H groups in total. The first-order chi connectivity index (χ1) is 7.12. The summed E-state index contributed by atoms with van der Waals surface area (Å²) in [5.41, 5.74) is 0. The summed E-state index contributed by atoms with van der Waals surface area (Å²) in [4.78, 5) is 11.3. The van der Waals surface area contributed by atoms with Gasteiger partial charge in [-0.2, -0.15) is 0 Å². The van der Waals surface area contributed by atoms with Gasteiger partial charge in [-0.1, -0.05) is 19.8 Å². The second-order valence-electron chi connectivity index (χ2n) is 4.07. The van der Waals surface area contributed by atoms with Gasteiger partial charge in [0.05, 0.1) is 20.3 Å². The van der Waals surface area contributed by atoms with Crippen LogP contribution in [-0.4, -0.2) is 32.1 Å². The van der Waals surface area contributed by atoms with E-state index in [1.54, 1.807) is 6.92 Å². The number of hydrogen-bond acceptors (Lipinski definition) is 4. The monoisotopic (exact) mass is 216 g/mol. The summed E-state index contributed by atoms with van der Waals surface area (Å²) in [6.07, 6.45) is 3.44. The molecular weight excluding hydrogens is 196 g/mol. The summed E-state index contributed by atoms with van der Waals surface area (Å²) < 4.78 is 15.5. The molecule has 0 radical (unpaired) electrons. The summed E-state index contributed by atoms with van der Waals surface area (Å²) in [5, 5.41) is 0. The Morgan fingerprint density at radius 1 is 1.47 bits per heavy atom. The molecule has 1 aliphatic heterocycles. The number of esters is 1. The van der Waals surface area contributed by atoms with Gasteiger partial charge in [-0.3, -0.25) is 0 Å². The third-order valence-corrected chi connectivity index (χ3v) is 2.71. The Bertz CT molecular complexity index is 207. The molecule has 0 atom stereocenters. The zero-order chi connectivity index (χ0) is 11.3. The predicted octanol–water partition coefficient (Wildman–Crippen LogP) is 1.73. The molecule has 1 aliphatic rings. The molecule has 1 heterocycles. The third-order valence-electron chi connectivity index (χ3n) is 2.71. The highest BCUT2D eigenvalue weighted by Gasteiger charge is 2.41. The van der Waals surface area contributed by atoms with E-state index in [1.807, 2.05) is 0 Å². The molecule has 0 aromatic carbocycles. The Hall–Kier alpha value is -0.610. The van der Waals surface area contributed by atoms with Crippen LogP contribution in [-0.2, 0) is 19.0 Å². The zero-order valence-electron chi connectivity index (χ0n) is 9.75. The molecule has 0 amide bonds. The van der Waals surface area contributed by atoms with E-state index in [1.165, 1.54) is 20.0 Å². The lowest BCUT2D eigenvalue weighted by Crippen LogP contribution is -2.48. The molecule has 0 saturated carbocycles. The Kier molecular flexibility index (Phi) is 4.54. The SMILES string of the molecule is CCCCC1COC(C)(C(=O)OC)OC1. The summed E-state index contributed by atoms with van der Waals surface area (Å²) >= 11 is 0. The molecule has 0 bridgehead atoms. The normalized spacial score (nSPS) is 31.3. The topological polar surface area (TPSA) is 44.8 Å². The fourth-order valence-corrected chi connectivity index (χ4v) is 1.61. The molecule has 15 heavy (non-hydrogen) atoms. The van der Waals surface area contributed by atoms with Crippen molar-refractivity contribution in [3.05, 3.63) is 0 Å². The first kappa shape index (κ1) is 12.5. The Labute approximate surface area is 90.9 Å². The van der Waals surface area contributed by atoms with Crippen molar-refractivity contribution in [2.24, 2.45) is 5.92 Å². The minimum absolute atomic E-state index is 0.405. The average Bonchev–Trinajstić information content (AvgIpc) is 2.27. The molecule has 4 nitrogen and oxygen atoms in total. The van der Waals surface area contributed by atoms with E-state index in [2.05, 4.69) is 11.7 Å². The van der Waals surface area contributed by atoms with Gasteiger partial charge in [0.2, 0.25) is 0 Å². The van der Waals surface area contributed by atoms with Crippen molar-refractivity contribution in [3.8, 4) is 0 Å². The highest BCUT2D eigenvalue weighted by Crippen LogP contribution is 2.25. The fraction of sp³-hybridized carbons (Fsp3) is 0.909. The number of unbranched alkanes of at least 4 members (excludes halogenated alkanes) is 1. The molecule has 88 valence electrons. The summed E-state index contributed by atoms with van der Waals surface area (Å²) in [6.45, 7) is 4.91. The van der Waals surface area contributed by atoms with Gasteiger partial charge in [0.15, 0.2) is 0 Å². The Morgan fingerprint density at radius 2 is 2.07 bits per heavy atom. The lowest BCUT2D eigenvalue weighted by molar-refractivity contribution is -0.272. The van der Waals surface area contributed by atoms with Crippen LogP contribution in [0.4, 0.5) is 0 Å². The number of methoxy groups -OCH3 is 1. The molecule has 1 rings (SSSR count). The summed E-state index contributed by atoms with van der Waals surface area (Å²) in [7, 11) is 1.34. The van der Waals surface area contributed by atoms with Crippen LogP contribution in [0.3, 0.4) is 0 Å². The van der Waals surface area contributed by atoms with Crippen molar-refractivity contribution >= 4 is 5.97 Å². The quantitative estimate of drug-likeness (QED) is 0.671. The van der Waals surface area contributed by atoms with Crippen LogP contribution in [0.25, 0.3) is 0 Å². The molecule has 0 aromatic rings. The second kappa shape index (κ2) is 5.47. The highest BCUT2D eigenvalue weighted by atomic mass is 16.7. The van der Waals surface area contributed by atoms with E-state index in [9.17, 15) is 4.79 Å². The fourth-order valence-electron chi connectivity index (χ4n) is 1.61. The smallest absolute Gasteiger partial charge is 0.366 e. The van der Waals surface area contributed by atoms with Crippen molar-refractivity contribution in [3.63, 3.8) is 0 Å². The van der Waals surface area contributed by atoms with Gasteiger partial charge in [0.1, 0.15) is 0 Å².